The fourth-order valence-electron chi connectivity index (χ4n) is 3.47. The Hall–Kier alpha value is -2.06. The topological polar surface area (TPSA) is 88.6 Å². The Morgan fingerprint density at radius 3 is 2.83 bits per heavy atom. The quantitative estimate of drug-likeness (QED) is 0.854. The van der Waals surface area contributed by atoms with Crippen molar-refractivity contribution >= 4 is 34.3 Å². The van der Waals surface area contributed by atoms with Gasteiger partial charge in [-0.05, 0) is 18.6 Å². The summed E-state index contributed by atoms with van der Waals surface area (Å²) in [5.41, 5.74) is 6.02. The third-order valence-corrected chi connectivity index (χ3v) is 5.70. The molecular weight excluding hydrogens is 333 g/mol. The first-order chi connectivity index (χ1) is 11.5. The minimum absolute atomic E-state index is 0.0125. The Kier molecular flexibility index (Phi) is 3.54. The number of thioether (sulfide) groups is 1. The van der Waals surface area contributed by atoms with Crippen molar-refractivity contribution in [2.24, 2.45) is 5.73 Å². The number of hydrogen-bond donors (Lipinski definition) is 2. The average molecular weight is 349 g/mol. The molecule has 3 heterocycles. The molecule has 2 aromatic rings. The molecule has 0 aliphatic carbocycles. The van der Waals surface area contributed by atoms with Crippen LogP contribution in [0.5, 0.6) is 0 Å². The summed E-state index contributed by atoms with van der Waals surface area (Å²) in [6.45, 7) is 1.84. The molecule has 2 aliphatic heterocycles. The molecule has 2 aliphatic rings. The number of aryl methyl sites for hydroxylation is 1. The maximum absolute atomic E-state index is 14.6. The van der Waals surface area contributed by atoms with Gasteiger partial charge in [-0.2, -0.15) is 0 Å². The van der Waals surface area contributed by atoms with Crippen molar-refractivity contribution < 1.29 is 14.3 Å². The highest BCUT2D eigenvalue weighted by atomic mass is 32.2. The fourth-order valence-corrected chi connectivity index (χ4v) is 4.61. The van der Waals surface area contributed by atoms with Gasteiger partial charge in [0.25, 0.3) is 0 Å². The standard InChI is InChI=1S/C16H16FN3O3S/c17-10-5-9-11(6-12(10)19-2-1-8(18)7-19)20-3-4-24-15(20)13(14(9)21)16(22)23/h5-6,8H,1-4,7,18H2,(H,22,23). The van der Waals surface area contributed by atoms with Gasteiger partial charge in [0.05, 0.1) is 16.2 Å². The van der Waals surface area contributed by atoms with Crippen molar-refractivity contribution in [3.05, 3.63) is 33.7 Å². The molecule has 0 amide bonds. The van der Waals surface area contributed by atoms with Crippen molar-refractivity contribution in [3.8, 4) is 0 Å². The number of fused-ring (bicyclic) bond motifs is 3. The summed E-state index contributed by atoms with van der Waals surface area (Å²) in [4.78, 5) is 25.9. The molecule has 4 rings (SSSR count). The summed E-state index contributed by atoms with van der Waals surface area (Å²) in [5, 5.41) is 9.94. The molecule has 24 heavy (non-hydrogen) atoms. The van der Waals surface area contributed by atoms with E-state index >= 15 is 0 Å². The smallest absolute Gasteiger partial charge is 0.342 e. The highest BCUT2D eigenvalue weighted by Gasteiger charge is 2.28. The van der Waals surface area contributed by atoms with Crippen molar-refractivity contribution in [2.45, 2.75) is 24.0 Å². The molecule has 1 aromatic carbocycles. The van der Waals surface area contributed by atoms with Crippen LogP contribution in [-0.2, 0) is 6.54 Å². The third kappa shape index (κ3) is 2.21. The van der Waals surface area contributed by atoms with Crippen molar-refractivity contribution in [2.75, 3.05) is 23.7 Å². The Morgan fingerprint density at radius 2 is 2.17 bits per heavy atom. The summed E-state index contributed by atoms with van der Waals surface area (Å²) in [5.74, 6) is -1.09. The molecule has 1 saturated heterocycles. The lowest BCUT2D eigenvalue weighted by atomic mass is 10.1. The first-order valence-electron chi connectivity index (χ1n) is 7.74. The lowest BCUT2D eigenvalue weighted by Gasteiger charge is -2.20. The predicted octanol–water partition coefficient (Wildman–Crippen LogP) is 1.48. The predicted molar refractivity (Wildman–Crippen MR) is 90.7 cm³/mol. The number of benzene rings is 1. The number of rotatable bonds is 2. The van der Waals surface area contributed by atoms with E-state index in [-0.39, 0.29) is 17.0 Å². The van der Waals surface area contributed by atoms with Crippen LogP contribution in [0.2, 0.25) is 0 Å². The molecule has 3 N–H and O–H groups in total. The highest BCUT2D eigenvalue weighted by molar-refractivity contribution is 7.99. The maximum atomic E-state index is 14.6. The van der Waals surface area contributed by atoms with Crippen molar-refractivity contribution in [1.82, 2.24) is 4.57 Å². The molecule has 0 saturated carbocycles. The number of pyridine rings is 1. The molecule has 0 radical (unpaired) electrons. The van der Waals surface area contributed by atoms with E-state index in [1.54, 1.807) is 6.07 Å². The number of halogens is 1. The first-order valence-corrected chi connectivity index (χ1v) is 8.72. The molecule has 8 heteroatoms. The number of carboxylic acids is 1. The second-order valence-electron chi connectivity index (χ2n) is 6.13. The molecule has 1 aromatic heterocycles. The van der Waals surface area contributed by atoms with Gasteiger partial charge in [0.15, 0.2) is 0 Å². The molecular formula is C16H16FN3O3S. The van der Waals surface area contributed by atoms with E-state index in [1.807, 2.05) is 9.47 Å². The average Bonchev–Trinajstić information content (AvgIpc) is 3.16. The molecule has 0 bridgehead atoms. The van der Waals surface area contributed by atoms with Gasteiger partial charge in [0.1, 0.15) is 11.4 Å². The summed E-state index contributed by atoms with van der Waals surface area (Å²) < 4.78 is 16.4. The Labute approximate surface area is 141 Å². The number of nitrogens with two attached hydrogens (primary N) is 1. The molecule has 6 nitrogen and oxygen atoms in total. The zero-order valence-electron chi connectivity index (χ0n) is 12.8. The van der Waals surface area contributed by atoms with E-state index in [0.717, 1.165) is 6.42 Å². The Bertz CT molecular complexity index is 927. The van der Waals surface area contributed by atoms with Crippen LogP contribution in [0.15, 0.2) is 22.0 Å². The van der Waals surface area contributed by atoms with Gasteiger partial charge >= 0.3 is 5.97 Å². The number of aromatic nitrogens is 1. The van der Waals surface area contributed by atoms with E-state index in [2.05, 4.69) is 0 Å². The van der Waals surface area contributed by atoms with Crippen LogP contribution in [0.3, 0.4) is 0 Å². The molecule has 0 spiro atoms. The summed E-state index contributed by atoms with van der Waals surface area (Å²) in [6.07, 6.45) is 0.795. The van der Waals surface area contributed by atoms with Gasteiger partial charge < -0.3 is 20.3 Å². The Morgan fingerprint density at radius 1 is 1.38 bits per heavy atom. The van der Waals surface area contributed by atoms with E-state index in [4.69, 9.17) is 5.73 Å². The number of carboxylic acid groups (broad SMARTS) is 1. The van der Waals surface area contributed by atoms with Gasteiger partial charge in [-0.3, -0.25) is 4.79 Å². The second-order valence-corrected chi connectivity index (χ2v) is 7.21. The van der Waals surface area contributed by atoms with E-state index in [9.17, 15) is 19.1 Å². The van der Waals surface area contributed by atoms with Crippen LogP contribution in [0.4, 0.5) is 10.1 Å². The van der Waals surface area contributed by atoms with Gasteiger partial charge in [-0.1, -0.05) is 0 Å². The lowest BCUT2D eigenvalue weighted by molar-refractivity contribution is 0.0690. The number of hydrogen-bond acceptors (Lipinski definition) is 5. The zero-order valence-corrected chi connectivity index (χ0v) is 13.6. The number of nitrogens with zero attached hydrogens (tertiary/aromatic N) is 2. The molecule has 1 atom stereocenters. The summed E-state index contributed by atoms with van der Waals surface area (Å²) in [7, 11) is 0. The highest BCUT2D eigenvalue weighted by Crippen LogP contribution is 2.34. The van der Waals surface area contributed by atoms with E-state index < -0.39 is 17.2 Å². The number of aromatic carboxylic acids is 1. The fraction of sp³-hybridized carbons (Fsp3) is 0.375. The van der Waals surface area contributed by atoms with Crippen LogP contribution >= 0.6 is 11.8 Å². The normalized spacial score (nSPS) is 19.9. The molecule has 1 unspecified atom stereocenters. The Balaban J connectivity index is 2.00. The van der Waals surface area contributed by atoms with E-state index in [0.29, 0.717) is 41.6 Å². The van der Waals surface area contributed by atoms with Gasteiger partial charge in [0.2, 0.25) is 5.43 Å². The largest absolute Gasteiger partial charge is 0.477 e. The van der Waals surface area contributed by atoms with Gasteiger partial charge in [-0.15, -0.1) is 11.8 Å². The lowest BCUT2D eigenvalue weighted by Crippen LogP contribution is -2.27. The summed E-state index contributed by atoms with van der Waals surface area (Å²) >= 11 is 1.35. The van der Waals surface area contributed by atoms with Crippen molar-refractivity contribution in [3.63, 3.8) is 0 Å². The van der Waals surface area contributed by atoms with Crippen LogP contribution < -0.4 is 16.1 Å². The maximum Gasteiger partial charge on any atom is 0.342 e. The summed E-state index contributed by atoms with van der Waals surface area (Å²) in [6, 6.07) is 2.84. The van der Waals surface area contributed by atoms with Gasteiger partial charge in [0, 0.05) is 36.8 Å². The monoisotopic (exact) mass is 349 g/mol. The van der Waals surface area contributed by atoms with Crippen LogP contribution in [-0.4, -0.2) is 40.5 Å². The van der Waals surface area contributed by atoms with Gasteiger partial charge in [-0.25, -0.2) is 9.18 Å². The second kappa shape index (κ2) is 5.49. The minimum Gasteiger partial charge on any atom is -0.477 e. The SMILES string of the molecule is NC1CCN(c2cc3c(cc2F)c(=O)c(C(=O)O)c2n3CCS2)C1. The number of carbonyl (C=O) groups is 1. The van der Waals surface area contributed by atoms with Crippen molar-refractivity contribution in [1.29, 1.82) is 0 Å². The molecule has 1 fully saturated rings. The first kappa shape index (κ1) is 15.5. The zero-order chi connectivity index (χ0) is 17.0. The van der Waals surface area contributed by atoms with E-state index in [1.165, 1.54) is 17.8 Å². The molecule has 126 valence electrons. The van der Waals surface area contributed by atoms with Crippen LogP contribution in [0.25, 0.3) is 10.9 Å². The third-order valence-electron chi connectivity index (χ3n) is 4.62. The van der Waals surface area contributed by atoms with Crippen LogP contribution in [0, 0.1) is 5.82 Å². The number of anilines is 1. The minimum atomic E-state index is -1.27. The van der Waals surface area contributed by atoms with Crippen LogP contribution in [0.1, 0.15) is 16.8 Å².